The van der Waals surface area contributed by atoms with Gasteiger partial charge in [0.05, 0.1) is 0 Å². The lowest BCUT2D eigenvalue weighted by Crippen LogP contribution is -2.34. The van der Waals surface area contributed by atoms with Crippen LogP contribution in [0.3, 0.4) is 0 Å². The average molecular weight is 627 g/mol. The zero-order chi connectivity index (χ0) is 33.1. The second kappa shape index (κ2) is 11.4. The topological polar surface area (TPSA) is 40.0 Å². The van der Waals surface area contributed by atoms with Gasteiger partial charge in [-0.05, 0) is 72.5 Å². The Morgan fingerprint density at radius 2 is 0.792 bits per heavy atom. The molecule has 0 amide bonds. The van der Waals surface area contributed by atoms with Gasteiger partial charge in [-0.15, -0.1) is 9.13 Å². The highest BCUT2D eigenvalue weighted by Crippen LogP contribution is 2.34. The second-order valence-corrected chi connectivity index (χ2v) is 13.0. The van der Waals surface area contributed by atoms with Gasteiger partial charge in [-0.1, -0.05) is 36.4 Å². The van der Waals surface area contributed by atoms with Crippen LogP contribution in [0.2, 0.25) is 0 Å². The number of aromatic nitrogens is 4. The van der Waals surface area contributed by atoms with E-state index in [2.05, 4.69) is 182 Å². The minimum atomic E-state index is 0.963. The van der Waals surface area contributed by atoms with Crippen molar-refractivity contribution in [1.82, 2.24) is 9.97 Å². The number of anilines is 2. The van der Waals surface area contributed by atoms with Gasteiger partial charge in [0, 0.05) is 88.1 Å². The summed E-state index contributed by atoms with van der Waals surface area (Å²) in [6.45, 7) is 4.39. The van der Waals surface area contributed by atoms with E-state index in [9.17, 15) is 0 Å². The molecule has 8 rings (SSSR count). The van der Waals surface area contributed by atoms with E-state index in [4.69, 9.17) is 9.97 Å². The van der Waals surface area contributed by atoms with E-state index in [0.717, 1.165) is 66.9 Å². The molecule has 0 N–H and O–H groups in total. The Balaban J connectivity index is 1.45. The molecule has 0 radical (unpaired) electrons. The summed E-state index contributed by atoms with van der Waals surface area (Å²) < 4.78 is 4.71. The fourth-order valence-corrected chi connectivity index (χ4v) is 6.84. The van der Waals surface area contributed by atoms with Crippen molar-refractivity contribution >= 4 is 55.5 Å². The highest BCUT2D eigenvalue weighted by molar-refractivity contribution is 5.92. The summed E-state index contributed by atoms with van der Waals surface area (Å²) in [5, 5.41) is 0. The number of rotatable bonds is 5. The number of para-hydroxylation sites is 2. The summed E-state index contributed by atoms with van der Waals surface area (Å²) in [4.78, 5) is 14.6. The van der Waals surface area contributed by atoms with Gasteiger partial charge < -0.3 is 9.80 Å². The largest absolute Gasteiger partial charge is 0.377 e. The van der Waals surface area contributed by atoms with E-state index in [0.29, 0.717) is 0 Å². The number of hydrogen-bond donors (Lipinski definition) is 0. The summed E-state index contributed by atoms with van der Waals surface area (Å²) in [6.07, 6.45) is 0. The molecule has 0 spiro atoms. The van der Waals surface area contributed by atoms with Crippen molar-refractivity contribution in [3.63, 3.8) is 0 Å². The first-order valence-electron chi connectivity index (χ1n) is 16.3. The van der Waals surface area contributed by atoms with Crippen molar-refractivity contribution in [2.45, 2.75) is 13.8 Å². The smallest absolute Gasteiger partial charge is 0.239 e. The minimum Gasteiger partial charge on any atom is -0.377 e. The van der Waals surface area contributed by atoms with Gasteiger partial charge in [0.15, 0.2) is 0 Å². The van der Waals surface area contributed by atoms with Crippen LogP contribution < -0.4 is 18.9 Å². The van der Waals surface area contributed by atoms with Crippen LogP contribution in [0.15, 0.2) is 121 Å². The molecule has 0 unspecified atom stereocenters. The Morgan fingerprint density at radius 3 is 1.17 bits per heavy atom. The molecule has 0 aliphatic rings. The molecular formula is C42H38N6+2. The Kier molecular flexibility index (Phi) is 7.02. The van der Waals surface area contributed by atoms with E-state index in [-0.39, 0.29) is 0 Å². The van der Waals surface area contributed by atoms with Gasteiger partial charge in [-0.25, -0.2) is 9.97 Å². The summed E-state index contributed by atoms with van der Waals surface area (Å²) in [5.74, 6) is 0. The van der Waals surface area contributed by atoms with Crippen molar-refractivity contribution in [3.05, 3.63) is 132 Å². The molecule has 0 aliphatic heterocycles. The number of nitrogens with zero attached hydrogens (tertiary/aromatic N) is 6. The van der Waals surface area contributed by atoms with Crippen LogP contribution in [0.25, 0.3) is 66.6 Å². The lowest BCUT2D eigenvalue weighted by Gasteiger charge is -2.15. The maximum Gasteiger partial charge on any atom is 0.239 e. The first-order chi connectivity index (χ1) is 23.3. The standard InChI is InChI=1S/C42H38N6/c1-27-21-37-41(47(29-13-9-7-10-14-29)39-23-31(45(3)4)17-19-35(39)43-37)25-33(27)34-26-42-38(22-28(34)2)44-36-20-18-32(46(5)6)24-40(36)48(42)30-15-11-8-12-16-30/h7-26H,1-6H3/q+2. The summed E-state index contributed by atoms with van der Waals surface area (Å²) in [5.41, 5.74) is 17.3. The molecule has 0 bridgehead atoms. The van der Waals surface area contributed by atoms with Crippen molar-refractivity contribution in [1.29, 1.82) is 0 Å². The molecule has 6 aromatic carbocycles. The van der Waals surface area contributed by atoms with Crippen LogP contribution in [-0.4, -0.2) is 38.2 Å². The molecule has 6 heteroatoms. The SMILES string of the molecule is Cc1cc2nc3ccc(N(C)C)cc3[n+](-c3ccccc3)c2cc1-c1cc2c(cc1C)nc1ccc(N(C)C)cc1[n+]2-c1ccccc1. The van der Waals surface area contributed by atoms with Gasteiger partial charge >= 0.3 is 0 Å². The fraction of sp³-hybridized carbons (Fsp3) is 0.143. The number of fused-ring (bicyclic) bond motifs is 4. The van der Waals surface area contributed by atoms with E-state index in [1.807, 2.05) is 0 Å². The van der Waals surface area contributed by atoms with Gasteiger partial charge in [-0.3, -0.25) is 0 Å². The lowest BCUT2D eigenvalue weighted by molar-refractivity contribution is -0.538. The van der Waals surface area contributed by atoms with Crippen LogP contribution in [0.5, 0.6) is 0 Å². The first-order valence-corrected chi connectivity index (χ1v) is 16.3. The van der Waals surface area contributed by atoms with Gasteiger partial charge in [-0.2, -0.15) is 0 Å². The molecule has 234 valence electrons. The molecule has 48 heavy (non-hydrogen) atoms. The van der Waals surface area contributed by atoms with Crippen LogP contribution in [-0.2, 0) is 0 Å². The molecule has 0 saturated heterocycles. The minimum absolute atomic E-state index is 0.963. The van der Waals surface area contributed by atoms with E-state index in [1.165, 1.54) is 22.3 Å². The summed E-state index contributed by atoms with van der Waals surface area (Å²) in [7, 11) is 8.31. The first kappa shape index (κ1) is 29.5. The maximum absolute atomic E-state index is 5.19. The van der Waals surface area contributed by atoms with Crippen molar-refractivity contribution in [2.75, 3.05) is 38.0 Å². The van der Waals surface area contributed by atoms with E-state index < -0.39 is 0 Å². The Labute approximate surface area is 280 Å². The van der Waals surface area contributed by atoms with Gasteiger partial charge in [0.2, 0.25) is 33.4 Å². The monoisotopic (exact) mass is 626 g/mol. The molecule has 2 heterocycles. The highest BCUT2D eigenvalue weighted by Gasteiger charge is 2.25. The summed E-state index contributed by atoms with van der Waals surface area (Å²) in [6, 6.07) is 43.3. The Bertz CT molecular complexity index is 2340. The van der Waals surface area contributed by atoms with Crippen LogP contribution in [0, 0.1) is 13.8 Å². The Morgan fingerprint density at radius 1 is 0.417 bits per heavy atom. The number of aryl methyl sites for hydroxylation is 2. The Hall–Kier alpha value is -5.88. The quantitative estimate of drug-likeness (QED) is 0.143. The number of hydrogen-bond acceptors (Lipinski definition) is 4. The molecular weight excluding hydrogens is 589 g/mol. The molecule has 2 aromatic heterocycles. The molecule has 0 saturated carbocycles. The molecule has 6 nitrogen and oxygen atoms in total. The van der Waals surface area contributed by atoms with Crippen molar-refractivity contribution in [3.8, 4) is 22.5 Å². The predicted octanol–water partition coefficient (Wildman–Crippen LogP) is 8.06. The lowest BCUT2D eigenvalue weighted by atomic mass is 9.94. The van der Waals surface area contributed by atoms with E-state index in [1.54, 1.807) is 0 Å². The average Bonchev–Trinajstić information content (AvgIpc) is 3.09. The molecule has 0 aliphatic carbocycles. The van der Waals surface area contributed by atoms with Gasteiger partial charge in [0.25, 0.3) is 0 Å². The van der Waals surface area contributed by atoms with Crippen molar-refractivity contribution in [2.24, 2.45) is 0 Å². The summed E-state index contributed by atoms with van der Waals surface area (Å²) >= 11 is 0. The number of benzene rings is 6. The fourth-order valence-electron chi connectivity index (χ4n) is 6.84. The van der Waals surface area contributed by atoms with Gasteiger partial charge in [0.1, 0.15) is 22.1 Å². The predicted molar refractivity (Wildman–Crippen MR) is 199 cm³/mol. The van der Waals surface area contributed by atoms with Crippen LogP contribution in [0.4, 0.5) is 11.4 Å². The molecule has 0 atom stereocenters. The molecule has 8 aromatic rings. The third kappa shape index (κ3) is 4.88. The normalized spacial score (nSPS) is 11.5. The van der Waals surface area contributed by atoms with E-state index >= 15 is 0 Å². The third-order valence-electron chi connectivity index (χ3n) is 9.36. The van der Waals surface area contributed by atoms with Crippen LogP contribution in [0.1, 0.15) is 11.1 Å². The third-order valence-corrected chi connectivity index (χ3v) is 9.36. The second-order valence-electron chi connectivity index (χ2n) is 13.0. The van der Waals surface area contributed by atoms with Crippen molar-refractivity contribution < 1.29 is 9.13 Å². The zero-order valence-corrected chi connectivity index (χ0v) is 28.2. The maximum atomic E-state index is 5.19. The highest BCUT2D eigenvalue weighted by atomic mass is 15.1. The molecule has 0 fully saturated rings. The van der Waals surface area contributed by atoms with Crippen LogP contribution >= 0.6 is 0 Å². The zero-order valence-electron chi connectivity index (χ0n) is 28.2.